The number of halogens is 1. The Balaban J connectivity index is 0.00000192. The van der Waals surface area contributed by atoms with E-state index in [0.717, 1.165) is 42.0 Å². The zero-order chi connectivity index (χ0) is 15.6. The summed E-state index contributed by atoms with van der Waals surface area (Å²) in [4.78, 5) is 12.8. The summed E-state index contributed by atoms with van der Waals surface area (Å²) in [5, 5.41) is 5.47. The Morgan fingerprint density at radius 2 is 2.30 bits per heavy atom. The van der Waals surface area contributed by atoms with Gasteiger partial charge in [0.05, 0.1) is 12.2 Å². The van der Waals surface area contributed by atoms with E-state index in [1.807, 2.05) is 23.3 Å². The first-order chi connectivity index (χ1) is 10.6. The minimum Gasteiger partial charge on any atom is -0.357 e. The van der Waals surface area contributed by atoms with Crippen molar-refractivity contribution < 1.29 is 0 Å². The van der Waals surface area contributed by atoms with Crippen LogP contribution in [0.1, 0.15) is 26.5 Å². The number of nitrogens with zero attached hydrogens (tertiary/aromatic N) is 4. The number of aromatic nitrogens is 2. The van der Waals surface area contributed by atoms with Crippen LogP contribution in [0.5, 0.6) is 0 Å². The van der Waals surface area contributed by atoms with Crippen LogP contribution >= 0.6 is 47.1 Å². The number of aliphatic imine (C=N–C) groups is 1. The SMILES string of the molecule is CCNC(=NCc1cn2ccsc2n1)N1CCSC(C)(C)C1.I. The molecule has 0 spiro atoms. The monoisotopic (exact) mass is 465 g/mol. The molecule has 2 aromatic heterocycles. The molecule has 0 aliphatic carbocycles. The highest BCUT2D eigenvalue weighted by atomic mass is 127. The molecule has 1 saturated heterocycles. The topological polar surface area (TPSA) is 44.9 Å². The van der Waals surface area contributed by atoms with Crippen LogP contribution in [0.15, 0.2) is 22.8 Å². The quantitative estimate of drug-likeness (QED) is 0.429. The number of hydrogen-bond donors (Lipinski definition) is 1. The number of rotatable bonds is 3. The van der Waals surface area contributed by atoms with Crippen molar-refractivity contribution in [3.63, 3.8) is 0 Å². The standard InChI is InChI=1S/C15H23N5S2.HI/c1-4-16-13(20-6-8-22-15(2,3)11-20)17-9-12-10-19-5-7-21-14(19)18-12;/h5,7,10H,4,6,8-9,11H2,1-3H3,(H,16,17);1H. The van der Waals surface area contributed by atoms with Crippen LogP contribution in [-0.2, 0) is 6.54 Å². The zero-order valence-electron chi connectivity index (χ0n) is 13.8. The van der Waals surface area contributed by atoms with Gasteiger partial charge in [-0.15, -0.1) is 35.3 Å². The van der Waals surface area contributed by atoms with Crippen LogP contribution in [0.3, 0.4) is 0 Å². The van der Waals surface area contributed by atoms with E-state index in [1.165, 1.54) is 0 Å². The van der Waals surface area contributed by atoms with Crippen molar-refractivity contribution in [2.24, 2.45) is 4.99 Å². The molecule has 5 nitrogen and oxygen atoms in total. The second-order valence-corrected chi connectivity index (χ2v) is 8.70. The molecule has 0 amide bonds. The van der Waals surface area contributed by atoms with E-state index in [9.17, 15) is 0 Å². The number of guanidine groups is 1. The van der Waals surface area contributed by atoms with Crippen molar-refractivity contribution in [2.45, 2.75) is 32.1 Å². The summed E-state index contributed by atoms with van der Waals surface area (Å²) in [6.45, 7) is 10.3. The molecule has 1 N–H and O–H groups in total. The predicted octanol–water partition coefficient (Wildman–Crippen LogP) is 3.31. The van der Waals surface area contributed by atoms with Gasteiger partial charge in [0, 0.05) is 47.9 Å². The minimum atomic E-state index is 0. The van der Waals surface area contributed by atoms with Gasteiger partial charge in [-0.2, -0.15) is 11.8 Å². The second-order valence-electron chi connectivity index (χ2n) is 6.02. The van der Waals surface area contributed by atoms with Crippen molar-refractivity contribution in [1.82, 2.24) is 19.6 Å². The van der Waals surface area contributed by atoms with Gasteiger partial charge in [-0.25, -0.2) is 9.98 Å². The zero-order valence-corrected chi connectivity index (χ0v) is 17.7. The van der Waals surface area contributed by atoms with Crippen LogP contribution in [0.25, 0.3) is 4.96 Å². The first-order valence-corrected chi connectivity index (χ1v) is 9.52. The molecule has 0 unspecified atom stereocenters. The fourth-order valence-corrected chi connectivity index (χ4v) is 4.46. The van der Waals surface area contributed by atoms with Crippen LogP contribution in [0.4, 0.5) is 0 Å². The number of thioether (sulfide) groups is 1. The maximum atomic E-state index is 4.80. The lowest BCUT2D eigenvalue weighted by Gasteiger charge is -2.39. The normalized spacial score (nSPS) is 18.0. The molecule has 1 aliphatic heterocycles. The van der Waals surface area contributed by atoms with Gasteiger partial charge in [-0.05, 0) is 20.8 Å². The Hall–Kier alpha value is -0.480. The van der Waals surface area contributed by atoms with Gasteiger partial charge >= 0.3 is 0 Å². The van der Waals surface area contributed by atoms with Gasteiger partial charge in [0.15, 0.2) is 10.9 Å². The summed E-state index contributed by atoms with van der Waals surface area (Å²) >= 11 is 3.69. The lowest BCUT2D eigenvalue weighted by molar-refractivity contribution is 0.375. The summed E-state index contributed by atoms with van der Waals surface area (Å²) in [6, 6.07) is 0. The van der Waals surface area contributed by atoms with Gasteiger partial charge in [0.1, 0.15) is 0 Å². The smallest absolute Gasteiger partial charge is 0.194 e. The number of imidazole rings is 1. The maximum Gasteiger partial charge on any atom is 0.194 e. The number of hydrogen-bond acceptors (Lipinski definition) is 4. The summed E-state index contributed by atoms with van der Waals surface area (Å²) < 4.78 is 2.34. The predicted molar refractivity (Wildman–Crippen MR) is 111 cm³/mol. The third-order valence-electron chi connectivity index (χ3n) is 3.59. The van der Waals surface area contributed by atoms with Crippen molar-refractivity contribution in [2.75, 3.05) is 25.4 Å². The first-order valence-electron chi connectivity index (χ1n) is 7.66. The second kappa shape index (κ2) is 8.06. The third kappa shape index (κ3) is 4.76. The number of fused-ring (bicyclic) bond motifs is 1. The fraction of sp³-hybridized carbons (Fsp3) is 0.600. The van der Waals surface area contributed by atoms with E-state index in [4.69, 9.17) is 4.99 Å². The molecule has 23 heavy (non-hydrogen) atoms. The van der Waals surface area contributed by atoms with Gasteiger partial charge < -0.3 is 10.2 Å². The first kappa shape index (κ1) is 18.9. The summed E-state index contributed by atoms with van der Waals surface area (Å²) in [7, 11) is 0. The van der Waals surface area contributed by atoms with Crippen molar-refractivity contribution in [1.29, 1.82) is 0 Å². The van der Waals surface area contributed by atoms with Gasteiger partial charge in [0.25, 0.3) is 0 Å². The Labute approximate surface area is 163 Å². The van der Waals surface area contributed by atoms with Crippen molar-refractivity contribution in [3.8, 4) is 0 Å². The van der Waals surface area contributed by atoms with E-state index in [0.29, 0.717) is 6.54 Å². The van der Waals surface area contributed by atoms with Crippen molar-refractivity contribution >= 4 is 58.0 Å². The third-order valence-corrected chi connectivity index (χ3v) is 5.66. The van der Waals surface area contributed by atoms with Crippen LogP contribution in [0, 0.1) is 0 Å². The molecule has 3 heterocycles. The van der Waals surface area contributed by atoms with Crippen LogP contribution in [0.2, 0.25) is 0 Å². The van der Waals surface area contributed by atoms with E-state index in [1.54, 1.807) is 11.3 Å². The molecule has 0 atom stereocenters. The lowest BCUT2D eigenvalue weighted by atomic mass is 10.2. The largest absolute Gasteiger partial charge is 0.357 e. The van der Waals surface area contributed by atoms with E-state index >= 15 is 0 Å². The minimum absolute atomic E-state index is 0. The summed E-state index contributed by atoms with van der Waals surface area (Å²) in [5.74, 6) is 2.16. The maximum absolute atomic E-state index is 4.80. The highest BCUT2D eigenvalue weighted by Crippen LogP contribution is 2.29. The van der Waals surface area contributed by atoms with Gasteiger partial charge in [-0.1, -0.05) is 0 Å². The summed E-state index contributed by atoms with van der Waals surface area (Å²) in [6.07, 6.45) is 4.10. The van der Waals surface area contributed by atoms with Gasteiger partial charge in [-0.3, -0.25) is 4.40 Å². The molecular formula is C15H24IN5S2. The van der Waals surface area contributed by atoms with E-state index < -0.39 is 0 Å². The van der Waals surface area contributed by atoms with Gasteiger partial charge in [0.2, 0.25) is 0 Å². The number of thiazole rings is 1. The molecule has 1 aliphatic rings. The number of nitrogens with one attached hydrogen (secondary N) is 1. The highest BCUT2D eigenvalue weighted by molar-refractivity contribution is 14.0. The molecule has 0 radical (unpaired) electrons. The average molecular weight is 465 g/mol. The highest BCUT2D eigenvalue weighted by Gasteiger charge is 2.28. The Kier molecular flexibility index (Phi) is 6.61. The molecule has 1 fully saturated rings. The lowest BCUT2D eigenvalue weighted by Crippen LogP contribution is -2.50. The summed E-state index contributed by atoms with van der Waals surface area (Å²) in [5.41, 5.74) is 1.02. The van der Waals surface area contributed by atoms with Crippen LogP contribution in [-0.4, -0.2) is 50.4 Å². The van der Waals surface area contributed by atoms with E-state index in [-0.39, 0.29) is 28.7 Å². The van der Waals surface area contributed by atoms with Crippen molar-refractivity contribution in [3.05, 3.63) is 23.5 Å². The van der Waals surface area contributed by atoms with Crippen LogP contribution < -0.4 is 5.32 Å². The Morgan fingerprint density at radius 1 is 1.48 bits per heavy atom. The molecule has 0 aromatic carbocycles. The molecular weight excluding hydrogens is 441 g/mol. The molecule has 3 rings (SSSR count). The molecule has 2 aromatic rings. The van der Waals surface area contributed by atoms with E-state index in [2.05, 4.69) is 46.6 Å². The Bertz CT molecular complexity index is 635. The molecule has 0 bridgehead atoms. The molecule has 128 valence electrons. The average Bonchev–Trinajstić information content (AvgIpc) is 3.03. The Morgan fingerprint density at radius 3 is 3.00 bits per heavy atom. The fourth-order valence-electron chi connectivity index (χ4n) is 2.63. The molecule has 0 saturated carbocycles. The molecule has 8 heteroatoms.